The Morgan fingerprint density at radius 1 is 1.29 bits per heavy atom. The zero-order chi connectivity index (χ0) is 16.9. The molecule has 2 aromatic carbocycles. The van der Waals surface area contributed by atoms with Gasteiger partial charge in [-0.3, -0.25) is 4.79 Å². The quantitative estimate of drug-likeness (QED) is 0.731. The molecule has 3 rings (SSSR count). The van der Waals surface area contributed by atoms with Crippen LogP contribution in [0.1, 0.15) is 30.5 Å². The zero-order valence-corrected chi connectivity index (χ0v) is 13.9. The molecule has 0 bridgehead atoms. The van der Waals surface area contributed by atoms with Crippen molar-refractivity contribution in [3.8, 4) is 5.75 Å². The summed E-state index contributed by atoms with van der Waals surface area (Å²) in [4.78, 5) is 19.5. The van der Waals surface area contributed by atoms with E-state index in [2.05, 4.69) is 15.3 Å². The van der Waals surface area contributed by atoms with E-state index in [1.807, 2.05) is 49.4 Å². The molecule has 24 heavy (non-hydrogen) atoms. The van der Waals surface area contributed by atoms with Crippen LogP contribution in [0.5, 0.6) is 5.75 Å². The number of hydrogen-bond donors (Lipinski definition) is 2. The number of benzene rings is 2. The van der Waals surface area contributed by atoms with Crippen LogP contribution in [0.15, 0.2) is 48.8 Å². The molecule has 2 N–H and O–H groups in total. The van der Waals surface area contributed by atoms with Crippen LogP contribution in [0.4, 0.5) is 0 Å². The number of imidazole rings is 1. The van der Waals surface area contributed by atoms with Crippen LogP contribution in [0.3, 0.4) is 0 Å². The van der Waals surface area contributed by atoms with Crippen LogP contribution in [-0.4, -0.2) is 23.0 Å². The number of nitrogens with zero attached hydrogens (tertiary/aromatic N) is 1. The average molecular weight is 323 g/mol. The molecule has 3 aromatic rings. The number of rotatable bonds is 6. The third-order valence-corrected chi connectivity index (χ3v) is 4.10. The van der Waals surface area contributed by atoms with E-state index < -0.39 is 0 Å². The van der Waals surface area contributed by atoms with E-state index in [0.717, 1.165) is 27.9 Å². The lowest BCUT2D eigenvalue weighted by atomic mass is 10.1. The number of amides is 1. The van der Waals surface area contributed by atoms with Crippen molar-refractivity contribution in [1.29, 1.82) is 0 Å². The molecule has 5 nitrogen and oxygen atoms in total. The number of carbonyl (C=O) groups excluding carboxylic acids is 1. The largest absolute Gasteiger partial charge is 0.497 e. The molecule has 0 radical (unpaired) electrons. The van der Waals surface area contributed by atoms with Gasteiger partial charge in [0.2, 0.25) is 5.91 Å². The van der Waals surface area contributed by atoms with Gasteiger partial charge >= 0.3 is 0 Å². The van der Waals surface area contributed by atoms with Crippen molar-refractivity contribution in [1.82, 2.24) is 15.3 Å². The number of fused-ring (bicyclic) bond motifs is 1. The van der Waals surface area contributed by atoms with Crippen LogP contribution in [0.25, 0.3) is 11.0 Å². The summed E-state index contributed by atoms with van der Waals surface area (Å²) in [6.07, 6.45) is 2.83. The maximum atomic E-state index is 12.2. The Morgan fingerprint density at radius 2 is 2.17 bits per heavy atom. The molecule has 0 spiro atoms. The van der Waals surface area contributed by atoms with E-state index in [0.29, 0.717) is 12.8 Å². The Balaban J connectivity index is 1.56. The molecule has 1 heterocycles. The van der Waals surface area contributed by atoms with Gasteiger partial charge in [-0.05, 0) is 48.7 Å². The topological polar surface area (TPSA) is 67.0 Å². The molecule has 1 atom stereocenters. The highest BCUT2D eigenvalue weighted by molar-refractivity contribution is 5.78. The first-order valence-electron chi connectivity index (χ1n) is 8.01. The van der Waals surface area contributed by atoms with Crippen molar-refractivity contribution in [2.24, 2.45) is 0 Å². The van der Waals surface area contributed by atoms with Gasteiger partial charge in [0.15, 0.2) is 0 Å². The summed E-state index contributed by atoms with van der Waals surface area (Å²) in [5.74, 6) is 0.830. The molecule has 124 valence electrons. The Bertz CT molecular complexity index is 841. The fraction of sp³-hybridized carbons (Fsp3) is 0.263. The van der Waals surface area contributed by atoms with Crippen LogP contribution in [0.2, 0.25) is 0 Å². The van der Waals surface area contributed by atoms with Crippen LogP contribution in [-0.2, 0) is 11.2 Å². The second kappa shape index (κ2) is 7.17. The van der Waals surface area contributed by atoms with E-state index in [1.165, 1.54) is 0 Å². The fourth-order valence-electron chi connectivity index (χ4n) is 2.70. The number of aromatic nitrogens is 2. The van der Waals surface area contributed by atoms with E-state index in [-0.39, 0.29) is 11.9 Å². The zero-order valence-electron chi connectivity index (χ0n) is 13.9. The summed E-state index contributed by atoms with van der Waals surface area (Å²) < 4.78 is 5.22. The minimum Gasteiger partial charge on any atom is -0.497 e. The molecule has 0 saturated heterocycles. The number of aromatic amines is 1. The maximum absolute atomic E-state index is 12.2. The molecule has 1 aromatic heterocycles. The normalized spacial score (nSPS) is 12.1. The van der Waals surface area contributed by atoms with E-state index in [4.69, 9.17) is 4.74 Å². The van der Waals surface area contributed by atoms with Gasteiger partial charge in [-0.25, -0.2) is 4.98 Å². The van der Waals surface area contributed by atoms with E-state index in [9.17, 15) is 4.79 Å². The smallest absolute Gasteiger partial charge is 0.220 e. The van der Waals surface area contributed by atoms with Gasteiger partial charge in [0.05, 0.1) is 30.5 Å². The lowest BCUT2D eigenvalue weighted by molar-refractivity contribution is -0.121. The van der Waals surface area contributed by atoms with Gasteiger partial charge in [0, 0.05) is 6.42 Å². The molecule has 1 amide bonds. The third kappa shape index (κ3) is 3.74. The molecule has 5 heteroatoms. The number of ether oxygens (including phenoxy) is 1. The van der Waals surface area contributed by atoms with Crippen molar-refractivity contribution >= 4 is 16.9 Å². The van der Waals surface area contributed by atoms with Crippen LogP contribution < -0.4 is 10.1 Å². The highest BCUT2D eigenvalue weighted by atomic mass is 16.5. The molecule has 0 aliphatic rings. The minimum absolute atomic E-state index is 0.0371. The number of carbonyl (C=O) groups is 1. The number of aryl methyl sites for hydroxylation is 1. The maximum Gasteiger partial charge on any atom is 0.220 e. The fourth-order valence-corrected chi connectivity index (χ4v) is 2.70. The molecule has 0 aliphatic heterocycles. The third-order valence-electron chi connectivity index (χ3n) is 4.10. The van der Waals surface area contributed by atoms with E-state index >= 15 is 0 Å². The van der Waals surface area contributed by atoms with Crippen molar-refractivity contribution in [3.05, 3.63) is 59.9 Å². The molecular formula is C19H21N3O2. The molecule has 0 saturated carbocycles. The molecule has 0 aliphatic carbocycles. The molecular weight excluding hydrogens is 302 g/mol. The Morgan fingerprint density at radius 3 is 3.00 bits per heavy atom. The Kier molecular flexibility index (Phi) is 4.79. The van der Waals surface area contributed by atoms with Gasteiger partial charge in [0.25, 0.3) is 0 Å². The number of H-pyrrole nitrogens is 1. The standard InChI is InChI=1S/C19H21N3O2/c1-13(15-4-3-5-16(11-15)24-2)22-19(23)9-7-14-6-8-17-18(10-14)21-12-20-17/h3-6,8,10-13H,7,9H2,1-2H3,(H,20,21)(H,22,23)/t13-/m1/s1. The van der Waals surface area contributed by atoms with Gasteiger partial charge in [-0.1, -0.05) is 18.2 Å². The van der Waals surface area contributed by atoms with Gasteiger partial charge < -0.3 is 15.0 Å². The monoisotopic (exact) mass is 323 g/mol. The van der Waals surface area contributed by atoms with Crippen molar-refractivity contribution < 1.29 is 9.53 Å². The first-order chi connectivity index (χ1) is 11.7. The van der Waals surface area contributed by atoms with Crippen molar-refractivity contribution in [2.45, 2.75) is 25.8 Å². The Hall–Kier alpha value is -2.82. The first-order valence-corrected chi connectivity index (χ1v) is 8.01. The van der Waals surface area contributed by atoms with Gasteiger partial charge in [-0.15, -0.1) is 0 Å². The summed E-state index contributed by atoms with van der Waals surface area (Å²) in [5.41, 5.74) is 4.09. The lowest BCUT2D eigenvalue weighted by Crippen LogP contribution is -2.26. The summed E-state index contributed by atoms with van der Waals surface area (Å²) in [6, 6.07) is 13.7. The summed E-state index contributed by atoms with van der Waals surface area (Å²) >= 11 is 0. The summed E-state index contributed by atoms with van der Waals surface area (Å²) in [6.45, 7) is 1.98. The highest BCUT2D eigenvalue weighted by Gasteiger charge is 2.10. The van der Waals surface area contributed by atoms with Crippen LogP contribution in [0, 0.1) is 0 Å². The average Bonchev–Trinajstić information content (AvgIpc) is 3.07. The number of hydrogen-bond acceptors (Lipinski definition) is 3. The predicted molar refractivity (Wildman–Crippen MR) is 94.0 cm³/mol. The van der Waals surface area contributed by atoms with Gasteiger partial charge in [0.1, 0.15) is 5.75 Å². The Labute approximate surface area is 141 Å². The summed E-state index contributed by atoms with van der Waals surface area (Å²) in [5, 5.41) is 3.04. The number of nitrogens with one attached hydrogen (secondary N) is 2. The SMILES string of the molecule is COc1cccc([C@@H](C)NC(=O)CCc2ccc3nc[nH]c3c2)c1. The summed E-state index contributed by atoms with van der Waals surface area (Å²) in [7, 11) is 1.64. The second-order valence-electron chi connectivity index (χ2n) is 5.82. The lowest BCUT2D eigenvalue weighted by Gasteiger charge is -2.15. The van der Waals surface area contributed by atoms with Crippen LogP contribution >= 0.6 is 0 Å². The number of methoxy groups -OCH3 is 1. The molecule has 0 fully saturated rings. The predicted octanol–water partition coefficient (Wildman–Crippen LogP) is 3.38. The molecule has 0 unspecified atom stereocenters. The van der Waals surface area contributed by atoms with E-state index in [1.54, 1.807) is 13.4 Å². The second-order valence-corrected chi connectivity index (χ2v) is 5.82. The minimum atomic E-state index is -0.0531. The van der Waals surface area contributed by atoms with Crippen molar-refractivity contribution in [2.75, 3.05) is 7.11 Å². The first kappa shape index (κ1) is 16.1. The van der Waals surface area contributed by atoms with Gasteiger partial charge in [-0.2, -0.15) is 0 Å². The highest BCUT2D eigenvalue weighted by Crippen LogP contribution is 2.19. The van der Waals surface area contributed by atoms with Crippen molar-refractivity contribution in [3.63, 3.8) is 0 Å².